The second kappa shape index (κ2) is 6.36. The molecule has 0 amide bonds. The molecule has 2 aromatic rings. The molecule has 2 aliphatic heterocycles. The fraction of sp³-hybridized carbons (Fsp3) is 0.350. The fourth-order valence-electron chi connectivity index (χ4n) is 4.01. The van der Waals surface area contributed by atoms with E-state index in [1.54, 1.807) is 6.07 Å². The Balaban J connectivity index is 1.77. The Kier molecular flexibility index (Phi) is 4.18. The molecule has 0 unspecified atom stereocenters. The maximum absolute atomic E-state index is 11.2. The average molecular weight is 358 g/mol. The summed E-state index contributed by atoms with van der Waals surface area (Å²) in [7, 11) is 0. The van der Waals surface area contributed by atoms with Crippen LogP contribution in [0.3, 0.4) is 0 Å². The minimum absolute atomic E-state index is 0.0100. The van der Waals surface area contributed by atoms with E-state index >= 15 is 0 Å². The number of hydrogen-bond acceptors (Lipinski definition) is 3. The number of carbonyl (C=O) groups is 1. The molecule has 0 bridgehead atoms. The Hall–Kier alpha value is -2.04. The van der Waals surface area contributed by atoms with E-state index in [1.807, 2.05) is 6.07 Å². The van der Waals surface area contributed by atoms with Crippen molar-refractivity contribution < 1.29 is 14.6 Å². The molecule has 2 N–H and O–H groups in total. The van der Waals surface area contributed by atoms with E-state index in [0.717, 1.165) is 30.7 Å². The number of aromatic carboxylic acids is 1. The molecule has 0 aliphatic carbocycles. The number of halogens is 1. The first-order valence-electron chi connectivity index (χ1n) is 8.56. The van der Waals surface area contributed by atoms with Gasteiger partial charge >= 0.3 is 5.97 Å². The lowest BCUT2D eigenvalue weighted by Gasteiger charge is -2.43. The van der Waals surface area contributed by atoms with Crippen LogP contribution in [-0.2, 0) is 4.74 Å². The van der Waals surface area contributed by atoms with E-state index in [-0.39, 0.29) is 23.6 Å². The van der Waals surface area contributed by atoms with Gasteiger partial charge in [-0.05, 0) is 43.5 Å². The molecule has 25 heavy (non-hydrogen) atoms. The van der Waals surface area contributed by atoms with Crippen LogP contribution in [-0.4, -0.2) is 17.7 Å². The first-order valence-corrected chi connectivity index (χ1v) is 8.94. The number of hydrogen-bond donors (Lipinski definition) is 2. The molecule has 2 aromatic carbocycles. The first-order chi connectivity index (χ1) is 12.0. The van der Waals surface area contributed by atoms with Gasteiger partial charge in [-0.3, -0.25) is 0 Å². The third kappa shape index (κ3) is 2.90. The number of benzene rings is 2. The molecule has 4 rings (SSSR count). The number of fused-ring (bicyclic) bond motifs is 3. The summed E-state index contributed by atoms with van der Waals surface area (Å²) in [4.78, 5) is 11.2. The monoisotopic (exact) mass is 357 g/mol. The van der Waals surface area contributed by atoms with Gasteiger partial charge in [-0.2, -0.15) is 0 Å². The topological polar surface area (TPSA) is 58.6 Å². The number of carboxylic acid groups (broad SMARTS) is 1. The van der Waals surface area contributed by atoms with Gasteiger partial charge < -0.3 is 15.2 Å². The van der Waals surface area contributed by atoms with Crippen LogP contribution in [0.5, 0.6) is 0 Å². The molecule has 0 aromatic heterocycles. The van der Waals surface area contributed by atoms with Crippen molar-refractivity contribution in [3.8, 4) is 0 Å². The van der Waals surface area contributed by atoms with E-state index in [1.165, 1.54) is 17.2 Å². The molecule has 5 heteroatoms. The summed E-state index contributed by atoms with van der Waals surface area (Å²) in [6.07, 6.45) is 2.11. The smallest absolute Gasteiger partial charge is 0.335 e. The lowest BCUT2D eigenvalue weighted by Crippen LogP contribution is -2.36. The Morgan fingerprint density at radius 3 is 2.84 bits per heavy atom. The molecule has 130 valence electrons. The summed E-state index contributed by atoms with van der Waals surface area (Å²) in [6.45, 7) is 2.86. The molecule has 0 spiro atoms. The highest BCUT2D eigenvalue weighted by Crippen LogP contribution is 2.50. The zero-order valence-electron chi connectivity index (χ0n) is 14.0. The predicted molar refractivity (Wildman–Crippen MR) is 97.4 cm³/mol. The number of anilines is 1. The Bertz CT molecular complexity index is 836. The molecule has 4 nitrogen and oxygen atoms in total. The van der Waals surface area contributed by atoms with Crippen LogP contribution in [0.2, 0.25) is 5.02 Å². The van der Waals surface area contributed by atoms with Gasteiger partial charge in [0, 0.05) is 28.8 Å². The van der Waals surface area contributed by atoms with Crippen LogP contribution in [0.15, 0.2) is 36.4 Å². The molecule has 1 saturated heterocycles. The van der Waals surface area contributed by atoms with Gasteiger partial charge in [-0.1, -0.05) is 35.4 Å². The second-order valence-corrected chi connectivity index (χ2v) is 7.26. The van der Waals surface area contributed by atoms with E-state index in [2.05, 4.69) is 30.4 Å². The summed E-state index contributed by atoms with van der Waals surface area (Å²) in [5.74, 6) is -0.694. The Labute approximate surface area is 151 Å². The van der Waals surface area contributed by atoms with Gasteiger partial charge in [-0.15, -0.1) is 0 Å². The summed E-state index contributed by atoms with van der Waals surface area (Å²) in [6, 6.07) is 11.4. The van der Waals surface area contributed by atoms with Gasteiger partial charge in [0.2, 0.25) is 0 Å². The molecule has 1 fully saturated rings. The normalized spacial score (nSPS) is 24.8. The minimum atomic E-state index is -0.968. The summed E-state index contributed by atoms with van der Waals surface area (Å²) in [5, 5.41) is 13.3. The van der Waals surface area contributed by atoms with Crippen LogP contribution in [0, 0.1) is 12.8 Å². The quantitative estimate of drug-likeness (QED) is 0.795. The van der Waals surface area contributed by atoms with E-state index in [4.69, 9.17) is 21.4 Å². The van der Waals surface area contributed by atoms with Gasteiger partial charge in [0.05, 0.1) is 17.7 Å². The van der Waals surface area contributed by atoms with Gasteiger partial charge in [-0.25, -0.2) is 4.79 Å². The molecule has 3 atom stereocenters. The maximum Gasteiger partial charge on any atom is 0.335 e. The van der Waals surface area contributed by atoms with Crippen molar-refractivity contribution in [3.05, 3.63) is 63.7 Å². The lowest BCUT2D eigenvalue weighted by atomic mass is 9.77. The summed E-state index contributed by atoms with van der Waals surface area (Å²) in [5.41, 5.74) is 4.63. The molecule has 2 heterocycles. The SMILES string of the molecule is Cc1ccc2c(c1)[C@@H]1OCCC[C@@H]1[C@H](c1ccc(C(=O)O)cc1Cl)N2. The third-order valence-electron chi connectivity index (χ3n) is 5.20. The molecule has 0 radical (unpaired) electrons. The zero-order valence-corrected chi connectivity index (χ0v) is 14.7. The van der Waals surface area contributed by atoms with E-state index < -0.39 is 5.97 Å². The van der Waals surface area contributed by atoms with Crippen molar-refractivity contribution in [1.29, 1.82) is 0 Å². The molecule has 0 saturated carbocycles. The number of nitrogens with one attached hydrogen (secondary N) is 1. The largest absolute Gasteiger partial charge is 0.478 e. The fourth-order valence-corrected chi connectivity index (χ4v) is 4.31. The Morgan fingerprint density at radius 1 is 1.24 bits per heavy atom. The van der Waals surface area contributed by atoms with Crippen LogP contribution in [0.4, 0.5) is 5.69 Å². The zero-order chi connectivity index (χ0) is 17.6. The van der Waals surface area contributed by atoms with Crippen LogP contribution in [0.25, 0.3) is 0 Å². The molecular formula is C20H20ClNO3. The standard InChI is InChI=1S/C20H20ClNO3/c1-11-4-7-17-15(9-11)19-14(3-2-8-25-19)18(22-17)13-6-5-12(20(23)24)10-16(13)21/h4-7,9-10,14,18-19,22H,2-3,8H2,1H3,(H,23,24)/t14-,18+,19-/m1/s1. The first kappa shape index (κ1) is 16.4. The van der Waals surface area contributed by atoms with Crippen molar-refractivity contribution in [3.63, 3.8) is 0 Å². The number of aryl methyl sites for hydroxylation is 1. The van der Waals surface area contributed by atoms with E-state index in [0.29, 0.717) is 5.02 Å². The number of ether oxygens (including phenoxy) is 1. The van der Waals surface area contributed by atoms with Crippen molar-refractivity contribution >= 4 is 23.3 Å². The third-order valence-corrected chi connectivity index (χ3v) is 5.53. The highest BCUT2D eigenvalue weighted by molar-refractivity contribution is 6.31. The molecule has 2 aliphatic rings. The van der Waals surface area contributed by atoms with E-state index in [9.17, 15) is 4.79 Å². The van der Waals surface area contributed by atoms with Crippen molar-refractivity contribution in [2.45, 2.75) is 31.9 Å². The van der Waals surface area contributed by atoms with Crippen LogP contribution in [0.1, 0.15) is 52.0 Å². The highest BCUT2D eigenvalue weighted by atomic mass is 35.5. The second-order valence-electron chi connectivity index (χ2n) is 6.85. The Morgan fingerprint density at radius 2 is 2.08 bits per heavy atom. The highest BCUT2D eigenvalue weighted by Gasteiger charge is 2.40. The van der Waals surface area contributed by atoms with Gasteiger partial charge in [0.25, 0.3) is 0 Å². The average Bonchev–Trinajstić information content (AvgIpc) is 2.61. The number of carboxylic acids is 1. The van der Waals surface area contributed by atoms with Crippen LogP contribution >= 0.6 is 11.6 Å². The summed E-state index contributed by atoms with van der Waals surface area (Å²) < 4.78 is 6.14. The number of rotatable bonds is 2. The van der Waals surface area contributed by atoms with Gasteiger partial charge in [0.15, 0.2) is 0 Å². The van der Waals surface area contributed by atoms with Crippen LogP contribution < -0.4 is 5.32 Å². The van der Waals surface area contributed by atoms with Crippen molar-refractivity contribution in [1.82, 2.24) is 0 Å². The van der Waals surface area contributed by atoms with Crippen molar-refractivity contribution in [2.75, 3.05) is 11.9 Å². The maximum atomic E-state index is 11.2. The predicted octanol–water partition coefficient (Wildman–Crippen LogP) is 4.98. The minimum Gasteiger partial charge on any atom is -0.478 e. The molecular weight excluding hydrogens is 338 g/mol. The van der Waals surface area contributed by atoms with Gasteiger partial charge in [0.1, 0.15) is 0 Å². The lowest BCUT2D eigenvalue weighted by molar-refractivity contribution is -0.0381. The van der Waals surface area contributed by atoms with Crippen molar-refractivity contribution in [2.24, 2.45) is 5.92 Å². The summed E-state index contributed by atoms with van der Waals surface area (Å²) >= 11 is 6.45.